The van der Waals surface area contributed by atoms with Crippen molar-refractivity contribution in [3.05, 3.63) is 65.7 Å². The summed E-state index contributed by atoms with van der Waals surface area (Å²) in [7, 11) is -1.93. The molecule has 25 heavy (non-hydrogen) atoms. The van der Waals surface area contributed by atoms with E-state index in [9.17, 15) is 17.8 Å². The number of alkyl halides is 2. The summed E-state index contributed by atoms with van der Waals surface area (Å²) in [4.78, 5) is 12.1. The average Bonchev–Trinajstić information content (AvgIpc) is 2.60. The second-order valence-electron chi connectivity index (χ2n) is 5.39. The zero-order valence-electron chi connectivity index (χ0n) is 13.9. The second kappa shape index (κ2) is 8.31. The first-order valence-corrected chi connectivity index (χ1v) is 8.85. The Hall–Kier alpha value is -2.12. The van der Waals surface area contributed by atoms with Gasteiger partial charge in [0.25, 0.3) is 0 Å². The monoisotopic (exact) mass is 367 g/mol. The van der Waals surface area contributed by atoms with E-state index in [1.54, 1.807) is 42.5 Å². The fourth-order valence-electron chi connectivity index (χ4n) is 2.18. The molecule has 2 aromatic carbocycles. The zero-order chi connectivity index (χ0) is 18.4. The molecule has 0 saturated heterocycles. The van der Waals surface area contributed by atoms with Gasteiger partial charge < -0.3 is 4.74 Å². The van der Waals surface area contributed by atoms with Crippen LogP contribution in [0.25, 0.3) is 0 Å². The minimum Gasteiger partial charge on any atom is -0.462 e. The number of ether oxygens (including phenoxy) is 1. The Morgan fingerprint density at radius 2 is 1.76 bits per heavy atom. The van der Waals surface area contributed by atoms with Crippen molar-refractivity contribution in [1.82, 2.24) is 4.72 Å². The Bertz CT molecular complexity index is 736. The van der Waals surface area contributed by atoms with E-state index in [4.69, 9.17) is 0 Å². The topological polar surface area (TPSA) is 55.4 Å². The maximum Gasteiger partial charge on any atom is 0.379 e. The van der Waals surface area contributed by atoms with Crippen molar-refractivity contribution in [1.29, 1.82) is 0 Å². The molecule has 4 nitrogen and oxygen atoms in total. The highest BCUT2D eigenvalue weighted by molar-refractivity contribution is 7.83. The van der Waals surface area contributed by atoms with Crippen LogP contribution in [-0.2, 0) is 20.5 Å². The molecule has 0 heterocycles. The number of benzene rings is 2. The fraction of sp³-hybridized carbons (Fsp3) is 0.278. The van der Waals surface area contributed by atoms with Crippen molar-refractivity contribution in [2.75, 3.05) is 6.61 Å². The first-order valence-electron chi connectivity index (χ1n) is 7.70. The molecule has 0 radical (unpaired) electrons. The number of rotatable bonds is 7. The summed E-state index contributed by atoms with van der Waals surface area (Å²) >= 11 is 0. The third-order valence-electron chi connectivity index (χ3n) is 3.50. The number of hydrogen-bond acceptors (Lipinski definition) is 3. The second-order valence-corrected chi connectivity index (χ2v) is 6.63. The van der Waals surface area contributed by atoms with Crippen LogP contribution >= 0.6 is 0 Å². The minimum atomic E-state index is -3.88. The molecule has 2 aromatic rings. The molecule has 1 unspecified atom stereocenters. The van der Waals surface area contributed by atoms with Gasteiger partial charge in [0, 0.05) is 0 Å². The molecule has 7 heteroatoms. The van der Waals surface area contributed by atoms with Crippen molar-refractivity contribution in [2.45, 2.75) is 30.7 Å². The first kappa shape index (κ1) is 19.2. The van der Waals surface area contributed by atoms with Gasteiger partial charge in [0.15, 0.2) is 0 Å². The van der Waals surface area contributed by atoms with Crippen LogP contribution < -0.4 is 4.72 Å². The van der Waals surface area contributed by atoms with Gasteiger partial charge in [-0.05, 0) is 31.5 Å². The first-order chi connectivity index (χ1) is 11.9. The third-order valence-corrected chi connectivity index (χ3v) is 4.65. The van der Waals surface area contributed by atoms with E-state index < -0.39 is 28.9 Å². The molecule has 2 atom stereocenters. The van der Waals surface area contributed by atoms with Crippen LogP contribution in [0, 0.1) is 6.92 Å². The summed E-state index contributed by atoms with van der Waals surface area (Å²) in [5.74, 6) is -5.53. The number of carbonyl (C=O) groups is 1. The summed E-state index contributed by atoms with van der Waals surface area (Å²) in [6, 6.07) is 12.5. The smallest absolute Gasteiger partial charge is 0.379 e. The lowest BCUT2D eigenvalue weighted by atomic mass is 10.0. The molecule has 1 N–H and O–H groups in total. The van der Waals surface area contributed by atoms with Gasteiger partial charge in [0.1, 0.15) is 17.0 Å². The summed E-state index contributed by atoms with van der Waals surface area (Å²) in [6.45, 7) is 3.14. The Kier molecular flexibility index (Phi) is 6.39. The Labute approximate surface area is 147 Å². The van der Waals surface area contributed by atoms with Gasteiger partial charge in [-0.3, -0.25) is 0 Å². The standard InChI is InChI=1S/C18H19F2NO3S/c1-3-24-17(22)18(19,20)16(14-7-5-4-6-8-14)21-25(23)15-11-9-13(2)10-12-15/h4-12,16,21H,3H2,1-2H3/t16-,25?/m0/s1. The van der Waals surface area contributed by atoms with Gasteiger partial charge in [-0.25, -0.2) is 13.7 Å². The number of carbonyl (C=O) groups excluding carboxylic acids is 1. The molecule has 0 fully saturated rings. The number of nitrogens with one attached hydrogen (secondary N) is 1. The maximum absolute atomic E-state index is 14.6. The average molecular weight is 367 g/mol. The molecule has 0 bridgehead atoms. The maximum atomic E-state index is 14.6. The van der Waals surface area contributed by atoms with Crippen molar-refractivity contribution in [3.8, 4) is 0 Å². The van der Waals surface area contributed by atoms with Crippen LogP contribution in [0.1, 0.15) is 24.1 Å². The van der Waals surface area contributed by atoms with Crippen molar-refractivity contribution < 1.29 is 22.5 Å². The number of hydrogen-bond donors (Lipinski definition) is 1. The van der Waals surface area contributed by atoms with Crippen molar-refractivity contribution in [2.24, 2.45) is 0 Å². The van der Waals surface area contributed by atoms with Crippen molar-refractivity contribution in [3.63, 3.8) is 0 Å². The summed E-state index contributed by atoms with van der Waals surface area (Å²) in [6.07, 6.45) is 0. The lowest BCUT2D eigenvalue weighted by Gasteiger charge is -2.26. The molecule has 0 saturated carbocycles. The van der Waals surface area contributed by atoms with Gasteiger partial charge in [-0.2, -0.15) is 8.78 Å². The van der Waals surface area contributed by atoms with Gasteiger partial charge >= 0.3 is 11.9 Å². The molecular weight excluding hydrogens is 348 g/mol. The van der Waals surface area contributed by atoms with Crippen LogP contribution in [0.3, 0.4) is 0 Å². The van der Waals surface area contributed by atoms with Crippen LogP contribution in [0.4, 0.5) is 8.78 Å². The number of esters is 1. The Morgan fingerprint density at radius 3 is 2.32 bits per heavy atom. The van der Waals surface area contributed by atoms with Gasteiger partial charge in [-0.15, -0.1) is 0 Å². The summed E-state index contributed by atoms with van der Waals surface area (Å²) < 4.78 is 48.6. The summed E-state index contributed by atoms with van der Waals surface area (Å²) in [5, 5.41) is 0. The zero-order valence-corrected chi connectivity index (χ0v) is 14.7. The van der Waals surface area contributed by atoms with Crippen LogP contribution in [0.5, 0.6) is 0 Å². The highest BCUT2D eigenvalue weighted by Crippen LogP contribution is 2.33. The van der Waals surface area contributed by atoms with E-state index in [2.05, 4.69) is 9.46 Å². The van der Waals surface area contributed by atoms with E-state index in [-0.39, 0.29) is 12.2 Å². The predicted molar refractivity (Wildman–Crippen MR) is 91.5 cm³/mol. The molecule has 0 aliphatic rings. The number of halogens is 2. The summed E-state index contributed by atoms with van der Waals surface area (Å²) in [5.41, 5.74) is 1.10. The van der Waals surface area contributed by atoms with Gasteiger partial charge in [0.2, 0.25) is 0 Å². The predicted octanol–water partition coefficient (Wildman–Crippen LogP) is 3.55. The van der Waals surface area contributed by atoms with E-state index in [0.29, 0.717) is 4.90 Å². The Balaban J connectivity index is 2.33. The minimum absolute atomic E-state index is 0.140. The third kappa shape index (κ3) is 4.70. The largest absolute Gasteiger partial charge is 0.462 e. The highest BCUT2D eigenvalue weighted by atomic mass is 32.2. The Morgan fingerprint density at radius 1 is 1.16 bits per heavy atom. The SMILES string of the molecule is CCOC(=O)C(F)(F)[C@@H](NS(=O)c1ccc(C)cc1)c1ccccc1. The fourth-order valence-corrected chi connectivity index (χ4v) is 3.20. The molecule has 0 amide bonds. The van der Waals surface area contributed by atoms with Crippen LogP contribution in [-0.4, -0.2) is 22.7 Å². The normalized spacial score (nSPS) is 13.9. The quantitative estimate of drug-likeness (QED) is 0.762. The van der Waals surface area contributed by atoms with E-state index in [1.165, 1.54) is 19.1 Å². The van der Waals surface area contributed by atoms with Crippen LogP contribution in [0.15, 0.2) is 59.5 Å². The lowest BCUT2D eigenvalue weighted by Crippen LogP contribution is -2.45. The van der Waals surface area contributed by atoms with E-state index in [1.807, 2.05) is 6.92 Å². The molecule has 0 aliphatic carbocycles. The number of aryl methyl sites for hydroxylation is 1. The molecule has 0 aromatic heterocycles. The lowest BCUT2D eigenvalue weighted by molar-refractivity contribution is -0.175. The van der Waals surface area contributed by atoms with E-state index in [0.717, 1.165) is 5.56 Å². The highest BCUT2D eigenvalue weighted by Gasteiger charge is 2.50. The van der Waals surface area contributed by atoms with Crippen molar-refractivity contribution >= 4 is 17.0 Å². The van der Waals surface area contributed by atoms with Gasteiger partial charge in [0.05, 0.1) is 11.5 Å². The van der Waals surface area contributed by atoms with E-state index >= 15 is 0 Å². The van der Waals surface area contributed by atoms with Gasteiger partial charge in [-0.1, -0.05) is 48.0 Å². The molecule has 0 aliphatic heterocycles. The molecular formula is C18H19F2NO3S. The molecule has 0 spiro atoms. The molecule has 134 valence electrons. The van der Waals surface area contributed by atoms with Crippen LogP contribution in [0.2, 0.25) is 0 Å². The molecule has 2 rings (SSSR count).